The Morgan fingerprint density at radius 3 is 1.53 bits per heavy atom. The number of nitrogens with zero attached hydrogens (tertiary/aromatic N) is 9. The molecule has 21 heteroatoms. The second-order valence-corrected chi connectivity index (χ2v) is 17.8. The fourth-order valence-electron chi connectivity index (χ4n) is 8.32. The molecule has 0 saturated carbocycles. The molecule has 6 heterocycles. The molecule has 2 atom stereocenters. The monoisotopic (exact) mass is 1110 g/mol. The van der Waals surface area contributed by atoms with Crippen molar-refractivity contribution in [2.75, 3.05) is 47.1 Å². The number of amides is 3. The van der Waals surface area contributed by atoms with Crippen LogP contribution in [-0.2, 0) is 32.2 Å². The minimum absolute atomic E-state index is 0.141. The third kappa shape index (κ3) is 15.9. The van der Waals surface area contributed by atoms with Crippen molar-refractivity contribution in [1.29, 1.82) is 0 Å². The minimum atomic E-state index is -0.770. The number of carbonyl (C=O) groups is 4. The maximum absolute atomic E-state index is 11.9. The standard InChI is InChI=1S/C17H14N2O2.C13H11N5O2.C13H12N2O3.C9H8N2.C8H7ClO2/c20-17(21-12-13-6-2-1-3-7-13)19-16-10-4-9-15-14(16)8-5-11-18-15;14-17-16-7-9-8-18(13(19)20-9)12-5-1-4-11-10(12)3-2-6-15-11;16-8-9-7-15(13(17)18-9)12-5-1-4-11-10(12)3-2-6-14-11;10-8-4-1-5-9-7(8)3-2-6-11-9;9-8(10)11-6-7-4-2-1-3-5-7/h1-11H,12H2,(H,19,20);1-6,9H,7-8H2;1-6,9,16H,7-8H2;1-6H,10H2;1-5H,6H2/t;2*9-;;/m.01../s1. The molecule has 12 rings (SSSR count). The number of rotatable bonds is 10. The number of ether oxygens (including phenoxy) is 4. The fourth-order valence-corrected chi connectivity index (χ4v) is 8.38. The van der Waals surface area contributed by atoms with Crippen LogP contribution in [0.5, 0.6) is 0 Å². The molecule has 2 aliphatic rings. The minimum Gasteiger partial charge on any atom is -0.449 e. The number of pyridine rings is 4. The molecule has 0 bridgehead atoms. The van der Waals surface area contributed by atoms with Crippen LogP contribution in [0.2, 0.25) is 0 Å². The Morgan fingerprint density at radius 1 is 0.593 bits per heavy atom. The number of cyclic esters (lactones) is 2. The molecule has 10 aromatic rings. The molecule has 2 saturated heterocycles. The predicted molar refractivity (Wildman–Crippen MR) is 310 cm³/mol. The summed E-state index contributed by atoms with van der Waals surface area (Å²) in [6.45, 7) is 1.20. The van der Waals surface area contributed by atoms with Crippen LogP contribution in [0.4, 0.5) is 41.9 Å². The number of aliphatic hydroxyl groups excluding tert-OH is 1. The first kappa shape index (κ1) is 56.8. The zero-order chi connectivity index (χ0) is 56.8. The summed E-state index contributed by atoms with van der Waals surface area (Å²) in [4.78, 5) is 68.4. The van der Waals surface area contributed by atoms with Crippen LogP contribution >= 0.6 is 11.6 Å². The van der Waals surface area contributed by atoms with Gasteiger partial charge in [-0.1, -0.05) is 90.0 Å². The average molecular weight is 1110 g/mol. The maximum atomic E-state index is 11.9. The van der Waals surface area contributed by atoms with Gasteiger partial charge in [0.1, 0.15) is 25.4 Å². The molecule has 0 spiro atoms. The van der Waals surface area contributed by atoms with Crippen LogP contribution in [0.15, 0.2) is 212 Å². The first-order valence-corrected chi connectivity index (χ1v) is 25.5. The maximum Gasteiger partial charge on any atom is 0.414 e. The zero-order valence-corrected chi connectivity index (χ0v) is 44.0. The van der Waals surface area contributed by atoms with Crippen molar-refractivity contribution in [3.8, 4) is 0 Å². The highest BCUT2D eigenvalue weighted by Crippen LogP contribution is 2.31. The Labute approximate surface area is 468 Å². The van der Waals surface area contributed by atoms with E-state index in [-0.39, 0.29) is 26.4 Å². The summed E-state index contributed by atoms with van der Waals surface area (Å²) in [7, 11) is 0. The van der Waals surface area contributed by atoms with Crippen LogP contribution in [0.1, 0.15) is 11.1 Å². The molecule has 4 aromatic heterocycles. The van der Waals surface area contributed by atoms with Gasteiger partial charge in [-0.2, -0.15) is 0 Å². The van der Waals surface area contributed by atoms with Gasteiger partial charge in [0.15, 0.2) is 0 Å². The lowest BCUT2D eigenvalue weighted by atomic mass is 10.1. The third-order valence-corrected chi connectivity index (χ3v) is 12.2. The smallest absolute Gasteiger partial charge is 0.414 e. The van der Waals surface area contributed by atoms with Crippen LogP contribution in [0.3, 0.4) is 0 Å². The van der Waals surface area contributed by atoms with Gasteiger partial charge in [0.2, 0.25) is 0 Å². The van der Waals surface area contributed by atoms with E-state index >= 15 is 0 Å². The number of benzene rings is 6. The Kier molecular flexibility index (Phi) is 20.2. The SMILES string of the molecule is Nc1cccc2ncccc12.O=C(Cl)OCc1ccccc1.O=C(Nc1cccc2ncccc12)OCc1ccccc1.O=C1O[C@@H](CO)CN1c1cccc2ncccc12.[N-]=[N+]=NC[C@H]1CN(c2cccc3ncccc23)C(=O)O1. The molecule has 2 fully saturated rings. The first-order chi connectivity index (χ1) is 39.6. The fraction of sp³-hybridized carbons (Fsp3) is 0.133. The summed E-state index contributed by atoms with van der Waals surface area (Å²) in [6.07, 6.45) is 4.71. The topological polar surface area (TPSA) is 270 Å². The van der Waals surface area contributed by atoms with Crippen molar-refractivity contribution in [3.63, 3.8) is 0 Å². The molecule has 2 aliphatic heterocycles. The van der Waals surface area contributed by atoms with E-state index in [2.05, 4.69) is 40.0 Å². The predicted octanol–water partition coefficient (Wildman–Crippen LogP) is 12.8. The summed E-state index contributed by atoms with van der Waals surface area (Å²) in [5.74, 6) is 0. The largest absolute Gasteiger partial charge is 0.449 e. The number of hydrogen-bond donors (Lipinski definition) is 3. The quantitative estimate of drug-likeness (QED) is 0.0287. The van der Waals surface area contributed by atoms with Crippen LogP contribution in [0, 0.1) is 0 Å². The molecule has 3 amide bonds. The van der Waals surface area contributed by atoms with Gasteiger partial charge in [-0.3, -0.25) is 35.1 Å². The average Bonchev–Trinajstić information content (AvgIpc) is 4.29. The summed E-state index contributed by atoms with van der Waals surface area (Å²) >= 11 is 4.97. The van der Waals surface area contributed by atoms with E-state index in [4.69, 9.17) is 42.2 Å². The number of carbonyl (C=O) groups excluding carboxylic acids is 4. The lowest BCUT2D eigenvalue weighted by Crippen LogP contribution is -2.25. The van der Waals surface area contributed by atoms with Crippen LogP contribution in [0.25, 0.3) is 54.1 Å². The highest BCUT2D eigenvalue weighted by Gasteiger charge is 2.34. The molecule has 0 unspecified atom stereocenters. The number of anilines is 4. The molecular formula is C60H52ClN11O9. The van der Waals surface area contributed by atoms with E-state index in [0.29, 0.717) is 18.8 Å². The number of azide groups is 1. The summed E-state index contributed by atoms with van der Waals surface area (Å²) < 4.78 is 20.0. The Balaban J connectivity index is 0.000000136. The van der Waals surface area contributed by atoms with E-state index in [1.165, 1.54) is 4.90 Å². The number of fused-ring (bicyclic) bond motifs is 4. The zero-order valence-electron chi connectivity index (χ0n) is 43.2. The van der Waals surface area contributed by atoms with E-state index < -0.39 is 35.9 Å². The van der Waals surface area contributed by atoms with Gasteiger partial charge >= 0.3 is 23.7 Å². The van der Waals surface area contributed by atoms with Crippen molar-refractivity contribution in [1.82, 2.24) is 19.9 Å². The number of nitrogen functional groups attached to an aromatic ring is 1. The number of halogens is 1. The van der Waals surface area contributed by atoms with Crippen molar-refractivity contribution in [2.45, 2.75) is 25.4 Å². The highest BCUT2D eigenvalue weighted by molar-refractivity contribution is 6.61. The van der Waals surface area contributed by atoms with Gasteiger partial charge in [0, 0.05) is 68.5 Å². The van der Waals surface area contributed by atoms with Crippen molar-refractivity contribution in [3.05, 3.63) is 228 Å². The van der Waals surface area contributed by atoms with E-state index in [1.54, 1.807) is 29.7 Å². The summed E-state index contributed by atoms with van der Waals surface area (Å²) in [6, 6.07) is 56.5. The van der Waals surface area contributed by atoms with E-state index in [9.17, 15) is 19.2 Å². The van der Waals surface area contributed by atoms with Crippen molar-refractivity contribution < 1.29 is 43.2 Å². The van der Waals surface area contributed by atoms with Crippen molar-refractivity contribution >= 4 is 102 Å². The van der Waals surface area contributed by atoms with E-state index in [1.807, 2.05) is 182 Å². The number of hydrogen-bond acceptors (Lipinski definition) is 15. The Morgan fingerprint density at radius 2 is 1.04 bits per heavy atom. The van der Waals surface area contributed by atoms with Gasteiger partial charge in [0.25, 0.3) is 0 Å². The second-order valence-electron chi connectivity index (χ2n) is 17.5. The molecule has 20 nitrogen and oxygen atoms in total. The van der Waals surface area contributed by atoms with Crippen molar-refractivity contribution in [2.24, 2.45) is 5.11 Å². The molecule has 408 valence electrons. The first-order valence-electron chi connectivity index (χ1n) is 25.1. The van der Waals surface area contributed by atoms with Gasteiger partial charge in [-0.15, -0.1) is 0 Å². The van der Waals surface area contributed by atoms with Crippen LogP contribution < -0.4 is 20.9 Å². The molecule has 6 aromatic carbocycles. The summed E-state index contributed by atoms with van der Waals surface area (Å²) in [5.41, 5.74) is 21.6. The second kappa shape index (κ2) is 28.8. The Hall–Kier alpha value is -10.4. The molecule has 81 heavy (non-hydrogen) atoms. The van der Waals surface area contributed by atoms with Crippen LogP contribution in [-0.4, -0.2) is 87.2 Å². The van der Waals surface area contributed by atoms with E-state index in [0.717, 1.165) is 71.8 Å². The number of aliphatic hydroxyl groups is 1. The van der Waals surface area contributed by atoms with Gasteiger partial charge in [0.05, 0.1) is 65.4 Å². The molecular weight excluding hydrogens is 1050 g/mol. The number of aromatic nitrogens is 4. The number of nitrogens with one attached hydrogen (secondary N) is 1. The third-order valence-electron chi connectivity index (χ3n) is 12.1. The number of nitrogens with two attached hydrogens (primary N) is 1. The molecule has 0 radical (unpaired) electrons. The molecule has 4 N–H and O–H groups in total. The summed E-state index contributed by atoms with van der Waals surface area (Å²) in [5, 5.41) is 18.9. The van der Waals surface area contributed by atoms with Gasteiger partial charge in [-0.25, -0.2) is 19.2 Å². The van der Waals surface area contributed by atoms with Gasteiger partial charge in [-0.05, 0) is 114 Å². The lowest BCUT2D eigenvalue weighted by Gasteiger charge is -2.15. The highest BCUT2D eigenvalue weighted by atomic mass is 35.5. The normalized spacial score (nSPS) is 14.0. The van der Waals surface area contributed by atoms with Gasteiger partial charge < -0.3 is 29.8 Å². The molecule has 0 aliphatic carbocycles. The lowest BCUT2D eigenvalue weighted by molar-refractivity contribution is 0.0963. The Bertz CT molecular complexity index is 3780.